The molecule has 0 spiro atoms. The minimum atomic E-state index is -1.08. The Morgan fingerprint density at radius 3 is 2.61 bits per heavy atom. The summed E-state index contributed by atoms with van der Waals surface area (Å²) in [5, 5.41) is 16.1. The Morgan fingerprint density at radius 2 is 2.03 bits per heavy atom. The van der Waals surface area contributed by atoms with Gasteiger partial charge < -0.3 is 16.2 Å². The molecule has 4 N–H and O–H groups in total. The first-order chi connectivity index (χ1) is 14.8. The molecule has 1 unspecified atom stereocenters. The normalized spacial score (nSPS) is 13.9. The molecule has 0 radical (unpaired) electrons. The van der Waals surface area contributed by atoms with E-state index < -0.39 is 29.7 Å². The van der Waals surface area contributed by atoms with Crippen molar-refractivity contribution in [2.45, 2.75) is 44.7 Å². The van der Waals surface area contributed by atoms with Crippen LogP contribution in [-0.4, -0.2) is 34.7 Å². The Bertz CT molecular complexity index is 934. The van der Waals surface area contributed by atoms with E-state index in [0.29, 0.717) is 11.4 Å². The maximum Gasteiger partial charge on any atom is 0.234 e. The number of nitrogens with two attached hydrogens (primary N) is 1. The van der Waals surface area contributed by atoms with Gasteiger partial charge in [-0.3, -0.25) is 9.78 Å². The minimum absolute atomic E-state index is 0.0462. The van der Waals surface area contributed by atoms with Gasteiger partial charge in [0.15, 0.2) is 0 Å². The van der Waals surface area contributed by atoms with Gasteiger partial charge in [0.1, 0.15) is 11.9 Å². The molecule has 10 heteroatoms. The van der Waals surface area contributed by atoms with Crippen molar-refractivity contribution in [3.63, 3.8) is 0 Å². The number of hydrogen-bond acceptors (Lipinski definition) is 5. The Hall–Kier alpha value is -2.71. The number of aromatic nitrogens is 1. The smallest absolute Gasteiger partial charge is 0.234 e. The van der Waals surface area contributed by atoms with Crippen LogP contribution in [0.1, 0.15) is 37.3 Å². The number of aliphatic hydroxyl groups is 1. The monoisotopic (exact) mass is 448 g/mol. The van der Waals surface area contributed by atoms with Crippen LogP contribution in [0.2, 0.25) is 5.02 Å². The van der Waals surface area contributed by atoms with Gasteiger partial charge in [-0.05, 0) is 42.0 Å². The molecular formula is C21H26ClFN6O2. The Balaban J connectivity index is 2.35. The Labute approximate surface area is 185 Å². The molecule has 2 aromatic rings. The van der Waals surface area contributed by atoms with Crippen molar-refractivity contribution >= 4 is 23.2 Å². The predicted molar refractivity (Wildman–Crippen MR) is 118 cm³/mol. The lowest BCUT2D eigenvalue weighted by Crippen LogP contribution is -2.34. The lowest BCUT2D eigenvalue weighted by Gasteiger charge is -2.27. The summed E-state index contributed by atoms with van der Waals surface area (Å²) in [6, 6.07) is 5.38. The number of anilines is 1. The molecule has 3 atom stereocenters. The number of carbonyl (C=O) groups excluding carboxylic acids is 1. The fraction of sp³-hybridized carbons (Fsp3) is 0.429. The van der Waals surface area contributed by atoms with Gasteiger partial charge in [0.25, 0.3) is 0 Å². The third kappa shape index (κ3) is 6.63. The highest BCUT2D eigenvalue weighted by molar-refractivity contribution is 6.30. The van der Waals surface area contributed by atoms with E-state index in [1.807, 2.05) is 13.8 Å². The number of amides is 1. The van der Waals surface area contributed by atoms with Crippen molar-refractivity contribution in [2.24, 2.45) is 16.8 Å². The quantitative estimate of drug-likeness (QED) is 0.285. The summed E-state index contributed by atoms with van der Waals surface area (Å²) in [7, 11) is 0. The molecular weight excluding hydrogens is 423 g/mol. The van der Waals surface area contributed by atoms with Crippen molar-refractivity contribution in [3.05, 3.63) is 69.1 Å². The van der Waals surface area contributed by atoms with Crippen molar-refractivity contribution in [1.82, 2.24) is 4.98 Å². The minimum Gasteiger partial charge on any atom is -0.395 e. The van der Waals surface area contributed by atoms with Gasteiger partial charge in [-0.25, -0.2) is 4.39 Å². The summed E-state index contributed by atoms with van der Waals surface area (Å²) < 4.78 is 14.4. The van der Waals surface area contributed by atoms with Crippen molar-refractivity contribution in [3.8, 4) is 0 Å². The molecule has 1 aromatic heterocycles. The van der Waals surface area contributed by atoms with Crippen LogP contribution in [0.3, 0.4) is 0 Å². The molecule has 0 fully saturated rings. The molecule has 8 nitrogen and oxygen atoms in total. The summed E-state index contributed by atoms with van der Waals surface area (Å²) in [6.07, 6.45) is 2.90. The molecule has 0 saturated heterocycles. The maximum absolute atomic E-state index is 14.4. The van der Waals surface area contributed by atoms with Gasteiger partial charge in [-0.15, -0.1) is 0 Å². The molecule has 0 aliphatic carbocycles. The van der Waals surface area contributed by atoms with Crippen LogP contribution < -0.4 is 11.1 Å². The number of pyridine rings is 1. The average molecular weight is 449 g/mol. The summed E-state index contributed by atoms with van der Waals surface area (Å²) >= 11 is 5.97. The zero-order valence-electron chi connectivity index (χ0n) is 17.4. The van der Waals surface area contributed by atoms with E-state index in [9.17, 15) is 9.18 Å². The fourth-order valence-electron chi connectivity index (χ4n) is 3.41. The van der Waals surface area contributed by atoms with Crippen LogP contribution >= 0.6 is 11.6 Å². The molecule has 2 rings (SSSR count). The van der Waals surface area contributed by atoms with Gasteiger partial charge in [-0.1, -0.05) is 42.7 Å². The van der Waals surface area contributed by atoms with E-state index in [4.69, 9.17) is 28.0 Å². The second-order valence-corrected chi connectivity index (χ2v) is 8.03. The van der Waals surface area contributed by atoms with Gasteiger partial charge in [-0.2, -0.15) is 0 Å². The van der Waals surface area contributed by atoms with Crippen LogP contribution in [0, 0.1) is 11.7 Å². The number of hydrogen-bond donors (Lipinski definition) is 3. The van der Waals surface area contributed by atoms with E-state index in [-0.39, 0.29) is 30.2 Å². The molecule has 1 aromatic carbocycles. The Kier molecular flexibility index (Phi) is 9.21. The lowest BCUT2D eigenvalue weighted by molar-refractivity contribution is -0.118. The molecule has 0 aliphatic rings. The first kappa shape index (κ1) is 24.6. The summed E-state index contributed by atoms with van der Waals surface area (Å²) in [5.74, 6) is -1.65. The van der Waals surface area contributed by atoms with Gasteiger partial charge >= 0.3 is 0 Å². The molecule has 31 heavy (non-hydrogen) atoms. The zero-order chi connectivity index (χ0) is 23.0. The second-order valence-electron chi connectivity index (χ2n) is 7.59. The topological polar surface area (TPSA) is 137 Å². The van der Waals surface area contributed by atoms with Crippen LogP contribution in [0.25, 0.3) is 10.4 Å². The third-order valence-corrected chi connectivity index (χ3v) is 5.27. The average Bonchev–Trinajstić information content (AvgIpc) is 2.73. The Morgan fingerprint density at radius 1 is 1.35 bits per heavy atom. The van der Waals surface area contributed by atoms with Gasteiger partial charge in [0.05, 0.1) is 24.7 Å². The SMILES string of the molecule is CC(C)[C@H](c1ccc(Cl)cc1)[C@@H](N=[N+]=[N-])C(=O)Nc1cncc(F)c1CCC(N)CO. The van der Waals surface area contributed by atoms with Gasteiger partial charge in [0, 0.05) is 27.5 Å². The highest BCUT2D eigenvalue weighted by Crippen LogP contribution is 2.32. The van der Waals surface area contributed by atoms with Crippen LogP contribution in [0.5, 0.6) is 0 Å². The van der Waals surface area contributed by atoms with Crippen LogP contribution in [-0.2, 0) is 11.2 Å². The number of halogens is 2. The van der Waals surface area contributed by atoms with Crippen molar-refractivity contribution in [2.75, 3.05) is 11.9 Å². The van der Waals surface area contributed by atoms with E-state index >= 15 is 0 Å². The molecule has 1 heterocycles. The zero-order valence-corrected chi connectivity index (χ0v) is 18.1. The number of carbonyl (C=O) groups is 1. The molecule has 0 bridgehead atoms. The molecule has 0 aliphatic heterocycles. The molecule has 166 valence electrons. The number of benzene rings is 1. The standard InChI is InChI=1S/C21H26ClFN6O2/c1-12(2)19(13-3-5-14(22)6-4-13)20(28-29-25)21(31)27-18-10-26-9-17(23)16(18)8-7-15(24)11-30/h3-6,9-10,12,15,19-20,30H,7-8,11,24H2,1-2H3,(H,27,31)/t15?,19-,20-/m1/s1. The lowest BCUT2D eigenvalue weighted by atomic mass is 9.82. The van der Waals surface area contributed by atoms with E-state index in [2.05, 4.69) is 20.3 Å². The number of rotatable bonds is 10. The summed E-state index contributed by atoms with van der Waals surface area (Å²) in [5.41, 5.74) is 16.0. The molecule has 0 saturated carbocycles. The third-order valence-electron chi connectivity index (χ3n) is 5.02. The number of nitrogens with one attached hydrogen (secondary N) is 1. The molecule has 1 amide bonds. The largest absolute Gasteiger partial charge is 0.395 e. The van der Waals surface area contributed by atoms with E-state index in [1.54, 1.807) is 24.3 Å². The summed E-state index contributed by atoms with van der Waals surface area (Å²) in [4.78, 5) is 19.8. The first-order valence-corrected chi connectivity index (χ1v) is 10.3. The predicted octanol–water partition coefficient (Wildman–Crippen LogP) is 4.18. The summed E-state index contributed by atoms with van der Waals surface area (Å²) in [6.45, 7) is 3.60. The fourth-order valence-corrected chi connectivity index (χ4v) is 3.54. The first-order valence-electron chi connectivity index (χ1n) is 9.87. The second kappa shape index (κ2) is 11.6. The van der Waals surface area contributed by atoms with Crippen molar-refractivity contribution in [1.29, 1.82) is 0 Å². The van der Waals surface area contributed by atoms with Crippen LogP contribution in [0.15, 0.2) is 41.8 Å². The maximum atomic E-state index is 14.4. The van der Waals surface area contributed by atoms with E-state index in [0.717, 1.165) is 11.8 Å². The van der Waals surface area contributed by atoms with Crippen LogP contribution in [0.4, 0.5) is 10.1 Å². The number of azide groups is 1. The van der Waals surface area contributed by atoms with E-state index in [1.165, 1.54) is 6.20 Å². The highest BCUT2D eigenvalue weighted by atomic mass is 35.5. The number of nitrogens with zero attached hydrogens (tertiary/aromatic N) is 4. The van der Waals surface area contributed by atoms with Gasteiger partial charge in [0.2, 0.25) is 5.91 Å². The van der Waals surface area contributed by atoms with Crippen molar-refractivity contribution < 1.29 is 14.3 Å². The number of aliphatic hydroxyl groups excluding tert-OH is 1. The highest BCUT2D eigenvalue weighted by Gasteiger charge is 2.32.